The monoisotopic (exact) mass is 507 g/mol. The molecule has 1 aliphatic carbocycles. The molecule has 2 heterocycles. The van der Waals surface area contributed by atoms with Gasteiger partial charge in [0.2, 0.25) is 5.91 Å². The van der Waals surface area contributed by atoms with E-state index >= 15 is 0 Å². The minimum absolute atomic E-state index is 0. The molecule has 0 bridgehead atoms. The Hall–Kier alpha value is -0.610. The third-order valence-electron chi connectivity index (χ3n) is 5.93. The van der Waals surface area contributed by atoms with E-state index in [9.17, 15) is 4.79 Å². The van der Waals surface area contributed by atoms with Crippen molar-refractivity contribution in [2.75, 3.05) is 52.9 Å². The molecule has 28 heavy (non-hydrogen) atoms. The van der Waals surface area contributed by atoms with Crippen LogP contribution in [0.4, 0.5) is 0 Å². The molecule has 1 saturated carbocycles. The van der Waals surface area contributed by atoms with E-state index in [1.165, 1.54) is 19.3 Å². The minimum atomic E-state index is 0. The Morgan fingerprint density at radius 2 is 1.93 bits per heavy atom. The molecule has 1 amide bonds. The van der Waals surface area contributed by atoms with Gasteiger partial charge in [0.1, 0.15) is 0 Å². The van der Waals surface area contributed by atoms with Gasteiger partial charge in [-0.1, -0.05) is 19.3 Å². The molecule has 2 aliphatic heterocycles. The fraction of sp³-hybridized carbons (Fsp3) is 0.900. The second-order valence-corrected chi connectivity index (χ2v) is 8.22. The predicted molar refractivity (Wildman–Crippen MR) is 123 cm³/mol. The summed E-state index contributed by atoms with van der Waals surface area (Å²) in [5, 5.41) is 6.87. The first kappa shape index (κ1) is 23.7. The van der Waals surface area contributed by atoms with Gasteiger partial charge in [-0.25, -0.2) is 0 Å². The zero-order valence-electron chi connectivity index (χ0n) is 17.5. The normalized spacial score (nSPS) is 27.4. The first-order valence-corrected chi connectivity index (χ1v) is 10.8. The molecule has 162 valence electrons. The van der Waals surface area contributed by atoms with Crippen LogP contribution in [0.5, 0.6) is 0 Å². The molecular weight excluding hydrogens is 469 g/mol. The largest absolute Gasteiger partial charge is 0.374 e. The van der Waals surface area contributed by atoms with Crippen molar-refractivity contribution < 1.29 is 9.53 Å². The molecule has 0 aromatic rings. The molecule has 2 unspecified atom stereocenters. The third-order valence-corrected chi connectivity index (χ3v) is 5.93. The van der Waals surface area contributed by atoms with Gasteiger partial charge in [0.05, 0.1) is 19.3 Å². The van der Waals surface area contributed by atoms with E-state index < -0.39 is 0 Å². The van der Waals surface area contributed by atoms with E-state index in [0.29, 0.717) is 12.5 Å². The van der Waals surface area contributed by atoms with Crippen molar-refractivity contribution in [1.29, 1.82) is 0 Å². The van der Waals surface area contributed by atoms with Crippen LogP contribution < -0.4 is 10.6 Å². The molecule has 3 rings (SSSR count). The SMILES string of the molecule is CCNC(=NCC1CN(C)CCO1)NC1CCN(C(=O)C2CCCCC2)C1.I. The lowest BCUT2D eigenvalue weighted by Gasteiger charge is -2.29. The van der Waals surface area contributed by atoms with Gasteiger partial charge in [0.25, 0.3) is 0 Å². The average Bonchev–Trinajstić information content (AvgIpc) is 3.15. The van der Waals surface area contributed by atoms with Crippen LogP contribution in [0.2, 0.25) is 0 Å². The highest BCUT2D eigenvalue weighted by Crippen LogP contribution is 2.26. The van der Waals surface area contributed by atoms with Gasteiger partial charge >= 0.3 is 0 Å². The number of hydrogen-bond donors (Lipinski definition) is 2. The second-order valence-electron chi connectivity index (χ2n) is 8.22. The van der Waals surface area contributed by atoms with Gasteiger partial charge in [0.15, 0.2) is 5.96 Å². The summed E-state index contributed by atoms with van der Waals surface area (Å²) in [5.74, 6) is 1.48. The Balaban J connectivity index is 0.00000280. The maximum Gasteiger partial charge on any atom is 0.225 e. The van der Waals surface area contributed by atoms with Gasteiger partial charge in [-0.3, -0.25) is 9.79 Å². The number of nitrogens with one attached hydrogen (secondary N) is 2. The number of morpholine rings is 1. The summed E-state index contributed by atoms with van der Waals surface area (Å²) in [6, 6.07) is 0.283. The Labute approximate surface area is 187 Å². The Morgan fingerprint density at radius 1 is 1.14 bits per heavy atom. The number of ether oxygens (including phenoxy) is 1. The molecule has 3 fully saturated rings. The number of carbonyl (C=O) groups excluding carboxylic acids is 1. The maximum absolute atomic E-state index is 12.8. The van der Waals surface area contributed by atoms with E-state index in [1.54, 1.807) is 0 Å². The lowest BCUT2D eigenvalue weighted by atomic mass is 9.88. The van der Waals surface area contributed by atoms with Crippen molar-refractivity contribution >= 4 is 35.8 Å². The topological polar surface area (TPSA) is 69.2 Å². The number of aliphatic imine (C=N–C) groups is 1. The Morgan fingerprint density at radius 3 is 2.64 bits per heavy atom. The molecule has 0 radical (unpaired) electrons. The van der Waals surface area contributed by atoms with Crippen LogP contribution >= 0.6 is 24.0 Å². The van der Waals surface area contributed by atoms with E-state index in [0.717, 1.165) is 64.6 Å². The smallest absolute Gasteiger partial charge is 0.225 e. The lowest BCUT2D eigenvalue weighted by molar-refractivity contribution is -0.135. The molecule has 7 nitrogen and oxygen atoms in total. The highest BCUT2D eigenvalue weighted by atomic mass is 127. The van der Waals surface area contributed by atoms with Gasteiger partial charge in [-0.05, 0) is 33.2 Å². The zero-order valence-corrected chi connectivity index (χ0v) is 19.8. The number of likely N-dealkylation sites (tertiary alicyclic amines) is 1. The number of guanidine groups is 1. The van der Waals surface area contributed by atoms with Crippen molar-refractivity contribution in [1.82, 2.24) is 20.4 Å². The van der Waals surface area contributed by atoms with E-state index in [2.05, 4.69) is 34.4 Å². The van der Waals surface area contributed by atoms with E-state index in [1.807, 2.05) is 0 Å². The molecule has 0 spiro atoms. The molecule has 8 heteroatoms. The minimum Gasteiger partial charge on any atom is -0.374 e. The van der Waals surface area contributed by atoms with Crippen LogP contribution in [0.15, 0.2) is 4.99 Å². The lowest BCUT2D eigenvalue weighted by Crippen LogP contribution is -2.46. The fourth-order valence-electron chi connectivity index (χ4n) is 4.37. The van der Waals surface area contributed by atoms with E-state index in [-0.39, 0.29) is 42.0 Å². The number of likely N-dealkylation sites (N-methyl/N-ethyl adjacent to an activating group) is 1. The van der Waals surface area contributed by atoms with Crippen LogP contribution in [0.1, 0.15) is 45.4 Å². The number of nitrogens with zero attached hydrogens (tertiary/aromatic N) is 3. The van der Waals surface area contributed by atoms with Crippen LogP contribution in [0.3, 0.4) is 0 Å². The number of hydrogen-bond acceptors (Lipinski definition) is 4. The number of amides is 1. The van der Waals surface area contributed by atoms with Gasteiger partial charge in [0, 0.05) is 44.7 Å². The van der Waals surface area contributed by atoms with Crippen molar-refractivity contribution in [3.05, 3.63) is 0 Å². The fourth-order valence-corrected chi connectivity index (χ4v) is 4.37. The Kier molecular flexibility index (Phi) is 10.3. The number of halogens is 1. The molecule has 0 aromatic heterocycles. The number of rotatable bonds is 5. The van der Waals surface area contributed by atoms with Crippen LogP contribution in [-0.4, -0.2) is 86.7 Å². The zero-order chi connectivity index (χ0) is 19.1. The third kappa shape index (κ3) is 7.02. The second kappa shape index (κ2) is 12.2. The van der Waals surface area contributed by atoms with Crippen molar-refractivity contribution in [2.24, 2.45) is 10.9 Å². The van der Waals surface area contributed by atoms with Crippen LogP contribution in [0, 0.1) is 5.92 Å². The average molecular weight is 507 g/mol. The van der Waals surface area contributed by atoms with Gasteiger partial charge < -0.3 is 25.2 Å². The van der Waals surface area contributed by atoms with Crippen molar-refractivity contribution in [2.45, 2.75) is 57.6 Å². The van der Waals surface area contributed by atoms with Crippen LogP contribution in [-0.2, 0) is 9.53 Å². The quantitative estimate of drug-likeness (QED) is 0.337. The van der Waals surface area contributed by atoms with Gasteiger partial charge in [-0.15, -0.1) is 24.0 Å². The highest BCUT2D eigenvalue weighted by molar-refractivity contribution is 14.0. The Bertz CT molecular complexity index is 513. The summed E-state index contributed by atoms with van der Waals surface area (Å²) in [7, 11) is 2.12. The maximum atomic E-state index is 12.8. The summed E-state index contributed by atoms with van der Waals surface area (Å²) in [6.07, 6.45) is 7.01. The van der Waals surface area contributed by atoms with Crippen LogP contribution in [0.25, 0.3) is 0 Å². The summed E-state index contributed by atoms with van der Waals surface area (Å²) in [6.45, 7) is 7.93. The molecule has 2 saturated heterocycles. The first-order chi connectivity index (χ1) is 13.2. The molecule has 2 atom stereocenters. The first-order valence-electron chi connectivity index (χ1n) is 10.8. The highest BCUT2D eigenvalue weighted by Gasteiger charge is 2.31. The summed E-state index contributed by atoms with van der Waals surface area (Å²) < 4.78 is 5.81. The van der Waals surface area contributed by atoms with Crippen molar-refractivity contribution in [3.8, 4) is 0 Å². The standard InChI is InChI=1S/C20H37N5O2.HI/c1-3-21-20(22-13-18-15-24(2)11-12-27-18)23-17-9-10-25(14-17)19(26)16-7-5-4-6-8-16;/h16-18H,3-15H2,1-2H3,(H2,21,22,23);1H. The molecule has 2 N–H and O–H groups in total. The van der Waals surface area contributed by atoms with Crippen molar-refractivity contribution in [3.63, 3.8) is 0 Å². The van der Waals surface area contributed by atoms with E-state index in [4.69, 9.17) is 9.73 Å². The summed E-state index contributed by atoms with van der Waals surface area (Å²) >= 11 is 0. The van der Waals surface area contributed by atoms with Gasteiger partial charge in [-0.2, -0.15) is 0 Å². The molecule has 0 aromatic carbocycles. The predicted octanol–water partition coefficient (Wildman–Crippen LogP) is 1.67. The summed E-state index contributed by atoms with van der Waals surface area (Å²) in [4.78, 5) is 21.8. The molecular formula is C20H38IN5O2. The number of carbonyl (C=O) groups is 1. The summed E-state index contributed by atoms with van der Waals surface area (Å²) in [5.41, 5.74) is 0. The molecule has 3 aliphatic rings.